The molecule has 1 saturated heterocycles. The Balaban J connectivity index is 1.70. The number of nitrogens with zero attached hydrogens (tertiary/aromatic N) is 2. The van der Waals surface area contributed by atoms with Gasteiger partial charge in [-0.1, -0.05) is 23.7 Å². The second-order valence-electron chi connectivity index (χ2n) is 6.15. The highest BCUT2D eigenvalue weighted by atomic mass is 35.5. The van der Waals surface area contributed by atoms with Gasteiger partial charge in [-0.15, -0.1) is 11.3 Å². The lowest BCUT2D eigenvalue weighted by Gasteiger charge is -2.34. The van der Waals surface area contributed by atoms with Crippen LogP contribution in [0.2, 0.25) is 5.02 Å². The van der Waals surface area contributed by atoms with E-state index in [1.54, 1.807) is 11.3 Å². The maximum Gasteiger partial charge on any atom is 0.255 e. The molecule has 0 N–H and O–H groups in total. The smallest absolute Gasteiger partial charge is 0.255 e. The van der Waals surface area contributed by atoms with Gasteiger partial charge in [0.15, 0.2) is 0 Å². The number of hydrogen-bond acceptors (Lipinski definition) is 3. The predicted molar refractivity (Wildman–Crippen MR) is 98.7 cm³/mol. The second kappa shape index (κ2) is 6.73. The van der Waals surface area contributed by atoms with Crippen LogP contribution in [0.3, 0.4) is 0 Å². The normalized spacial score (nSPS) is 17.8. The molecule has 1 aliphatic heterocycles. The van der Waals surface area contributed by atoms with Gasteiger partial charge in [0.25, 0.3) is 5.91 Å². The van der Waals surface area contributed by atoms with E-state index in [1.165, 1.54) is 18.2 Å². The molecule has 128 valence electrons. The molecular formula is C19H16ClFN2OS. The zero-order chi connectivity index (χ0) is 17.4. The summed E-state index contributed by atoms with van der Waals surface area (Å²) in [5.41, 5.74) is 1.30. The summed E-state index contributed by atoms with van der Waals surface area (Å²) in [6, 6.07) is 11.9. The van der Waals surface area contributed by atoms with Crippen LogP contribution >= 0.6 is 22.9 Å². The van der Waals surface area contributed by atoms with Crippen molar-refractivity contribution in [1.29, 1.82) is 0 Å². The van der Waals surface area contributed by atoms with E-state index in [-0.39, 0.29) is 17.0 Å². The zero-order valence-corrected chi connectivity index (χ0v) is 15.0. The lowest BCUT2D eigenvalue weighted by Crippen LogP contribution is -2.38. The molecule has 3 aromatic rings. The van der Waals surface area contributed by atoms with E-state index >= 15 is 0 Å². The minimum atomic E-state index is -0.442. The van der Waals surface area contributed by atoms with E-state index in [2.05, 4.69) is 0 Å². The van der Waals surface area contributed by atoms with Gasteiger partial charge in [-0.25, -0.2) is 9.37 Å². The monoisotopic (exact) mass is 374 g/mol. The number of thiazole rings is 1. The number of fused-ring (bicyclic) bond motifs is 1. The van der Waals surface area contributed by atoms with Gasteiger partial charge in [0, 0.05) is 6.54 Å². The van der Waals surface area contributed by atoms with Crippen LogP contribution in [0.4, 0.5) is 4.39 Å². The quantitative estimate of drug-likeness (QED) is 0.597. The van der Waals surface area contributed by atoms with Gasteiger partial charge < -0.3 is 4.90 Å². The Morgan fingerprint density at radius 2 is 2.08 bits per heavy atom. The van der Waals surface area contributed by atoms with Gasteiger partial charge in [-0.2, -0.15) is 0 Å². The molecule has 2 aromatic carbocycles. The molecule has 0 radical (unpaired) electrons. The summed E-state index contributed by atoms with van der Waals surface area (Å²) in [4.78, 5) is 19.6. The summed E-state index contributed by atoms with van der Waals surface area (Å²) in [7, 11) is 0. The second-order valence-corrected chi connectivity index (χ2v) is 7.62. The van der Waals surface area contributed by atoms with Crippen molar-refractivity contribution in [2.24, 2.45) is 0 Å². The van der Waals surface area contributed by atoms with Crippen LogP contribution in [-0.4, -0.2) is 22.3 Å². The van der Waals surface area contributed by atoms with E-state index in [1.807, 2.05) is 29.2 Å². The summed E-state index contributed by atoms with van der Waals surface area (Å²) in [6.45, 7) is 0.660. The Morgan fingerprint density at radius 3 is 2.88 bits per heavy atom. The molecule has 1 amide bonds. The standard InChI is InChI=1S/C19H16ClFN2OS/c20-14-11-12(21)8-9-13(14)19(24)23-10-4-3-6-16(23)18-22-15-5-1-2-7-17(15)25-18/h1-2,5,7-9,11,16H,3-4,6,10H2. The Kier molecular flexibility index (Phi) is 4.44. The number of carbonyl (C=O) groups is 1. The largest absolute Gasteiger partial charge is 0.329 e. The van der Waals surface area contributed by atoms with E-state index < -0.39 is 5.82 Å². The number of aromatic nitrogens is 1. The molecule has 0 saturated carbocycles. The SMILES string of the molecule is O=C(c1ccc(F)cc1Cl)N1CCCCC1c1nc2ccccc2s1. The summed E-state index contributed by atoms with van der Waals surface area (Å²) >= 11 is 7.73. The molecule has 6 heteroatoms. The first kappa shape index (κ1) is 16.5. The highest BCUT2D eigenvalue weighted by Crippen LogP contribution is 2.37. The van der Waals surface area contributed by atoms with Crippen molar-refractivity contribution in [3.8, 4) is 0 Å². The molecule has 0 bridgehead atoms. The number of rotatable bonds is 2. The van der Waals surface area contributed by atoms with Gasteiger partial charge in [0.05, 0.1) is 26.8 Å². The fourth-order valence-corrected chi connectivity index (χ4v) is 4.64. The Labute approximate surface area is 154 Å². The van der Waals surface area contributed by atoms with Gasteiger partial charge in [-0.05, 0) is 49.6 Å². The molecule has 1 aliphatic rings. The number of carbonyl (C=O) groups excluding carboxylic acids is 1. The van der Waals surface area contributed by atoms with E-state index in [4.69, 9.17) is 16.6 Å². The third kappa shape index (κ3) is 3.14. The summed E-state index contributed by atoms with van der Waals surface area (Å²) < 4.78 is 14.4. The zero-order valence-electron chi connectivity index (χ0n) is 13.4. The van der Waals surface area contributed by atoms with E-state index in [0.29, 0.717) is 12.1 Å². The van der Waals surface area contributed by atoms with Crippen LogP contribution < -0.4 is 0 Å². The third-order valence-corrected chi connectivity index (χ3v) is 5.97. The lowest BCUT2D eigenvalue weighted by molar-refractivity contribution is 0.0611. The molecular weight excluding hydrogens is 359 g/mol. The van der Waals surface area contributed by atoms with E-state index in [9.17, 15) is 9.18 Å². The predicted octanol–water partition coefficient (Wildman–Crippen LogP) is 5.46. The Hall–Kier alpha value is -1.98. The van der Waals surface area contributed by atoms with Crippen LogP contribution in [0.15, 0.2) is 42.5 Å². The number of hydrogen-bond donors (Lipinski definition) is 0. The highest BCUT2D eigenvalue weighted by Gasteiger charge is 2.31. The van der Waals surface area contributed by atoms with Gasteiger partial charge >= 0.3 is 0 Å². The summed E-state index contributed by atoms with van der Waals surface area (Å²) in [5.74, 6) is -0.600. The van der Waals surface area contributed by atoms with Gasteiger partial charge in [0.2, 0.25) is 0 Å². The molecule has 3 nitrogen and oxygen atoms in total. The van der Waals surface area contributed by atoms with Crippen LogP contribution in [0, 0.1) is 5.82 Å². The van der Waals surface area contributed by atoms with Crippen molar-refractivity contribution < 1.29 is 9.18 Å². The molecule has 1 unspecified atom stereocenters. The van der Waals surface area contributed by atoms with Crippen molar-refractivity contribution >= 4 is 39.1 Å². The minimum Gasteiger partial charge on any atom is -0.329 e. The summed E-state index contributed by atoms with van der Waals surface area (Å²) in [5, 5.41) is 1.10. The average molecular weight is 375 g/mol. The van der Waals surface area contributed by atoms with Crippen molar-refractivity contribution in [2.45, 2.75) is 25.3 Å². The average Bonchev–Trinajstić information content (AvgIpc) is 3.05. The number of piperidine rings is 1. The highest BCUT2D eigenvalue weighted by molar-refractivity contribution is 7.18. The van der Waals surface area contributed by atoms with Crippen molar-refractivity contribution in [3.05, 3.63) is 63.9 Å². The molecule has 25 heavy (non-hydrogen) atoms. The maximum atomic E-state index is 13.3. The molecule has 4 rings (SSSR count). The fraction of sp³-hybridized carbons (Fsp3) is 0.263. The maximum absolute atomic E-state index is 13.3. The number of benzene rings is 2. The Bertz CT molecular complexity index is 909. The molecule has 0 spiro atoms. The number of likely N-dealkylation sites (tertiary alicyclic amines) is 1. The first-order valence-electron chi connectivity index (χ1n) is 8.25. The van der Waals surface area contributed by atoms with Crippen molar-refractivity contribution in [1.82, 2.24) is 9.88 Å². The minimum absolute atomic E-state index is 0.0558. The van der Waals surface area contributed by atoms with Gasteiger partial charge in [0.1, 0.15) is 10.8 Å². The number of para-hydroxylation sites is 1. The van der Waals surface area contributed by atoms with Crippen LogP contribution in [0.1, 0.15) is 40.7 Å². The molecule has 2 heterocycles. The first-order chi connectivity index (χ1) is 12.1. The molecule has 0 aliphatic carbocycles. The van der Waals surface area contributed by atoms with Crippen LogP contribution in [-0.2, 0) is 0 Å². The number of halogens is 2. The lowest BCUT2D eigenvalue weighted by atomic mass is 10.0. The van der Waals surface area contributed by atoms with Gasteiger partial charge in [-0.3, -0.25) is 4.79 Å². The van der Waals surface area contributed by atoms with Crippen LogP contribution in [0.25, 0.3) is 10.2 Å². The number of amides is 1. The molecule has 1 aromatic heterocycles. The Morgan fingerprint density at radius 1 is 1.24 bits per heavy atom. The van der Waals surface area contributed by atoms with Crippen molar-refractivity contribution in [3.63, 3.8) is 0 Å². The third-order valence-electron chi connectivity index (χ3n) is 4.52. The van der Waals surface area contributed by atoms with Crippen molar-refractivity contribution in [2.75, 3.05) is 6.54 Å². The first-order valence-corrected chi connectivity index (χ1v) is 9.44. The summed E-state index contributed by atoms with van der Waals surface area (Å²) in [6.07, 6.45) is 2.89. The molecule has 1 fully saturated rings. The fourth-order valence-electron chi connectivity index (χ4n) is 3.28. The topological polar surface area (TPSA) is 33.2 Å². The van der Waals surface area contributed by atoms with Crippen LogP contribution in [0.5, 0.6) is 0 Å². The van der Waals surface area contributed by atoms with E-state index in [0.717, 1.165) is 34.5 Å². The molecule has 1 atom stereocenters.